The molecule has 2 aromatic carbocycles. The van der Waals surface area contributed by atoms with Crippen LogP contribution in [0, 0.1) is 0 Å². The maximum atomic E-state index is 13.4. The quantitative estimate of drug-likeness (QED) is 0.225. The zero-order chi connectivity index (χ0) is 25.2. The topological polar surface area (TPSA) is 102 Å². The van der Waals surface area contributed by atoms with E-state index in [1.807, 2.05) is 12.1 Å². The van der Waals surface area contributed by atoms with Crippen LogP contribution in [0.15, 0.2) is 76.6 Å². The summed E-state index contributed by atoms with van der Waals surface area (Å²) in [6, 6.07) is 14.8. The van der Waals surface area contributed by atoms with Gasteiger partial charge in [-0.2, -0.15) is 0 Å². The van der Waals surface area contributed by atoms with Gasteiger partial charge in [-0.25, -0.2) is 4.98 Å². The largest absolute Gasteiger partial charge is 0.503 e. The number of hydrogen-bond acceptors (Lipinski definition) is 8. The van der Waals surface area contributed by atoms with Crippen molar-refractivity contribution in [1.29, 1.82) is 0 Å². The number of carbonyl (C=O) groups excluding carboxylic acids is 2. The number of nitrogens with zero attached hydrogens (tertiary/aromatic N) is 2. The van der Waals surface area contributed by atoms with E-state index in [0.29, 0.717) is 34.3 Å². The molecule has 8 nitrogen and oxygen atoms in total. The fourth-order valence-corrected chi connectivity index (χ4v) is 5.14. The summed E-state index contributed by atoms with van der Waals surface area (Å²) in [7, 11) is 1.58. The number of unbranched alkanes of at least 4 members (excludes halogenated alkanes) is 1. The van der Waals surface area contributed by atoms with Gasteiger partial charge in [-0.05, 0) is 54.4 Å². The van der Waals surface area contributed by atoms with Crippen LogP contribution in [0.5, 0.6) is 11.5 Å². The van der Waals surface area contributed by atoms with Gasteiger partial charge in [0.25, 0.3) is 5.91 Å². The van der Waals surface area contributed by atoms with Gasteiger partial charge >= 0.3 is 0 Å². The van der Waals surface area contributed by atoms with E-state index in [1.165, 1.54) is 28.6 Å². The molecule has 3 heterocycles. The van der Waals surface area contributed by atoms with Gasteiger partial charge in [0.15, 0.2) is 16.7 Å². The third-order valence-electron chi connectivity index (χ3n) is 5.93. The molecule has 0 aliphatic carbocycles. The Hall–Kier alpha value is -4.11. The molecule has 0 fully saturated rings. The molecule has 5 rings (SSSR count). The fraction of sp³-hybridized carbons (Fsp3) is 0.222. The average molecular weight is 505 g/mol. The number of carbonyl (C=O) groups is 2. The van der Waals surface area contributed by atoms with Crippen molar-refractivity contribution in [3.8, 4) is 11.5 Å². The van der Waals surface area contributed by atoms with Crippen LogP contribution in [0.1, 0.15) is 41.9 Å². The van der Waals surface area contributed by atoms with Gasteiger partial charge in [0.05, 0.1) is 41.8 Å². The van der Waals surface area contributed by atoms with Crippen molar-refractivity contribution in [1.82, 2.24) is 4.98 Å². The molecule has 0 saturated heterocycles. The van der Waals surface area contributed by atoms with Crippen LogP contribution in [-0.4, -0.2) is 35.5 Å². The first-order chi connectivity index (χ1) is 17.5. The smallest absolute Gasteiger partial charge is 0.296 e. The third-order valence-corrected chi connectivity index (χ3v) is 6.95. The van der Waals surface area contributed by atoms with Crippen molar-refractivity contribution in [2.75, 3.05) is 18.6 Å². The van der Waals surface area contributed by atoms with Gasteiger partial charge in [0, 0.05) is 0 Å². The molecule has 9 heteroatoms. The first-order valence-electron chi connectivity index (χ1n) is 11.5. The Bertz CT molecular complexity index is 1460. The van der Waals surface area contributed by atoms with Gasteiger partial charge in [0.2, 0.25) is 5.78 Å². The Morgan fingerprint density at radius 1 is 1.17 bits per heavy atom. The molecule has 184 valence electrons. The number of aliphatic hydroxyl groups is 1. The Morgan fingerprint density at radius 2 is 2.03 bits per heavy atom. The minimum Gasteiger partial charge on any atom is -0.503 e. The number of Topliss-reactive ketones (excluding diaryl/α,β-unsaturated/α-hetero) is 1. The molecule has 1 atom stereocenters. The molecule has 1 N–H and O–H groups in total. The third kappa shape index (κ3) is 4.22. The minimum atomic E-state index is -0.924. The summed E-state index contributed by atoms with van der Waals surface area (Å²) in [5, 5.41) is 11.3. The molecule has 1 unspecified atom stereocenters. The van der Waals surface area contributed by atoms with Gasteiger partial charge in [-0.15, -0.1) is 0 Å². The van der Waals surface area contributed by atoms with Gasteiger partial charge in [-0.3, -0.25) is 14.5 Å². The number of fused-ring (bicyclic) bond motifs is 1. The second kappa shape index (κ2) is 9.87. The molecule has 0 spiro atoms. The number of ketones is 1. The lowest BCUT2D eigenvalue weighted by Gasteiger charge is -2.24. The summed E-state index contributed by atoms with van der Waals surface area (Å²) < 4.78 is 17.3. The number of methoxy groups -OCH3 is 1. The predicted octanol–water partition coefficient (Wildman–Crippen LogP) is 5.86. The second-order valence-electron chi connectivity index (χ2n) is 8.25. The number of benzene rings is 2. The number of hydrogen-bond donors (Lipinski definition) is 1. The molecular weight excluding hydrogens is 480 g/mol. The van der Waals surface area contributed by atoms with Gasteiger partial charge in [0.1, 0.15) is 11.5 Å². The van der Waals surface area contributed by atoms with E-state index in [9.17, 15) is 14.7 Å². The number of amides is 1. The lowest BCUT2D eigenvalue weighted by molar-refractivity contribution is -0.117. The van der Waals surface area contributed by atoms with Crippen LogP contribution in [-0.2, 0) is 4.79 Å². The summed E-state index contributed by atoms with van der Waals surface area (Å²) in [4.78, 5) is 32.8. The summed E-state index contributed by atoms with van der Waals surface area (Å²) in [6.07, 6.45) is 3.26. The van der Waals surface area contributed by atoms with E-state index < -0.39 is 23.5 Å². The van der Waals surface area contributed by atoms with E-state index in [1.54, 1.807) is 43.5 Å². The van der Waals surface area contributed by atoms with E-state index in [2.05, 4.69) is 11.9 Å². The van der Waals surface area contributed by atoms with Crippen LogP contribution >= 0.6 is 11.3 Å². The Labute approximate surface area is 211 Å². The molecule has 0 radical (unpaired) electrons. The van der Waals surface area contributed by atoms with E-state index in [-0.39, 0.29) is 11.3 Å². The highest BCUT2D eigenvalue weighted by Gasteiger charge is 2.46. The number of aromatic nitrogens is 1. The first-order valence-corrected chi connectivity index (χ1v) is 12.4. The summed E-state index contributed by atoms with van der Waals surface area (Å²) >= 11 is 1.27. The highest BCUT2D eigenvalue weighted by molar-refractivity contribution is 7.22. The zero-order valence-electron chi connectivity index (χ0n) is 19.8. The van der Waals surface area contributed by atoms with Crippen molar-refractivity contribution in [2.45, 2.75) is 25.8 Å². The minimum absolute atomic E-state index is 0.0283. The first kappa shape index (κ1) is 23.6. The summed E-state index contributed by atoms with van der Waals surface area (Å²) in [6.45, 7) is 2.63. The molecule has 2 aromatic heterocycles. The van der Waals surface area contributed by atoms with Crippen LogP contribution < -0.4 is 14.4 Å². The summed E-state index contributed by atoms with van der Waals surface area (Å²) in [5.41, 5.74) is 1.20. The Morgan fingerprint density at radius 3 is 2.78 bits per heavy atom. The van der Waals surface area contributed by atoms with E-state index >= 15 is 0 Å². The maximum absolute atomic E-state index is 13.4. The van der Waals surface area contributed by atoms with Crippen molar-refractivity contribution < 1.29 is 28.6 Å². The molecular formula is C27H24N2O6S. The normalized spacial score (nSPS) is 15.7. The highest BCUT2D eigenvalue weighted by Crippen LogP contribution is 2.45. The van der Waals surface area contributed by atoms with Crippen molar-refractivity contribution in [3.63, 3.8) is 0 Å². The van der Waals surface area contributed by atoms with Gasteiger partial charge in [-0.1, -0.05) is 36.8 Å². The van der Waals surface area contributed by atoms with E-state index in [4.69, 9.17) is 13.9 Å². The van der Waals surface area contributed by atoms with Crippen LogP contribution in [0.3, 0.4) is 0 Å². The number of furan rings is 1. The van der Waals surface area contributed by atoms with Crippen molar-refractivity contribution in [2.24, 2.45) is 0 Å². The molecule has 1 aliphatic rings. The number of anilines is 1. The van der Waals surface area contributed by atoms with Crippen molar-refractivity contribution in [3.05, 3.63) is 83.5 Å². The number of thiazole rings is 1. The molecule has 1 aliphatic heterocycles. The molecule has 0 bridgehead atoms. The Balaban J connectivity index is 1.62. The predicted molar refractivity (Wildman–Crippen MR) is 136 cm³/mol. The molecule has 36 heavy (non-hydrogen) atoms. The molecule has 1 amide bonds. The molecule has 4 aromatic rings. The lowest BCUT2D eigenvalue weighted by atomic mass is 9.95. The standard InChI is InChI=1S/C27H24N2O6S/c1-3-4-12-34-18-8-5-7-16(14-18)23-22(24(30)20-9-6-13-35-20)25(31)26(32)29(23)27-28-19-11-10-17(33-2)15-21(19)36-27/h5-11,13-15,23,31H,3-4,12H2,1-2H3. The maximum Gasteiger partial charge on any atom is 0.296 e. The van der Waals surface area contributed by atoms with Gasteiger partial charge < -0.3 is 19.0 Å². The van der Waals surface area contributed by atoms with Crippen LogP contribution in [0.25, 0.3) is 10.2 Å². The zero-order valence-corrected chi connectivity index (χ0v) is 20.6. The fourth-order valence-electron chi connectivity index (χ4n) is 4.12. The number of aliphatic hydroxyl groups excluding tert-OH is 1. The highest BCUT2D eigenvalue weighted by atomic mass is 32.1. The second-order valence-corrected chi connectivity index (χ2v) is 9.26. The van der Waals surface area contributed by atoms with E-state index in [0.717, 1.165) is 17.5 Å². The number of ether oxygens (including phenoxy) is 2. The summed E-state index contributed by atoms with van der Waals surface area (Å²) in [5.74, 6) is -0.611. The molecule has 0 saturated carbocycles. The van der Waals surface area contributed by atoms with Crippen LogP contribution in [0.2, 0.25) is 0 Å². The SMILES string of the molecule is CCCCOc1cccc(C2C(C(=O)c3ccco3)=C(O)C(=O)N2c2nc3ccc(OC)cc3s2)c1. The van der Waals surface area contributed by atoms with Crippen molar-refractivity contribution >= 4 is 38.4 Å². The Kier molecular flexibility index (Phi) is 6.47. The average Bonchev–Trinajstić information content (AvgIpc) is 3.62. The monoisotopic (exact) mass is 504 g/mol. The number of rotatable bonds is 9. The van der Waals surface area contributed by atoms with Crippen LogP contribution in [0.4, 0.5) is 5.13 Å². The lowest BCUT2D eigenvalue weighted by Crippen LogP contribution is -2.31.